The van der Waals surface area contributed by atoms with E-state index in [0.29, 0.717) is 45.1 Å². The third kappa shape index (κ3) is 3.84. The molecular weight excluding hydrogens is 388 g/mol. The summed E-state index contributed by atoms with van der Waals surface area (Å²) in [5, 5.41) is 17.0. The molecule has 2 saturated heterocycles. The van der Waals surface area contributed by atoms with E-state index in [1.807, 2.05) is 29.6 Å². The highest BCUT2D eigenvalue weighted by Crippen LogP contribution is 2.37. The Morgan fingerprint density at radius 2 is 2.10 bits per heavy atom. The summed E-state index contributed by atoms with van der Waals surface area (Å²) in [6, 6.07) is 1.84. The van der Waals surface area contributed by atoms with Crippen LogP contribution in [0.4, 0.5) is 0 Å². The smallest absolute Gasteiger partial charge is 0.272 e. The molecule has 0 spiro atoms. The van der Waals surface area contributed by atoms with Crippen LogP contribution in [0, 0.1) is 6.92 Å². The molecule has 11 heteroatoms. The quantitative estimate of drug-likeness (QED) is 0.637. The Morgan fingerprint density at radius 3 is 2.80 bits per heavy atom. The lowest BCUT2D eigenvalue weighted by Gasteiger charge is -2.49. The van der Waals surface area contributed by atoms with Crippen LogP contribution in [-0.4, -0.2) is 98.8 Å². The first-order valence-corrected chi connectivity index (χ1v) is 10.4. The van der Waals surface area contributed by atoms with E-state index in [0.717, 1.165) is 37.4 Å². The average Bonchev–Trinajstić information content (AvgIpc) is 3.38. The minimum atomic E-state index is -0.456. The molecule has 0 radical (unpaired) electrons. The fraction of sp³-hybridized carbons (Fsp3) is 0.737. The maximum atomic E-state index is 13.4. The molecule has 1 atom stereocenters. The van der Waals surface area contributed by atoms with Gasteiger partial charge in [0.25, 0.3) is 5.91 Å². The van der Waals surface area contributed by atoms with Crippen molar-refractivity contribution in [1.82, 2.24) is 39.8 Å². The molecule has 0 bridgehead atoms. The number of rotatable bonds is 6. The standard InChI is InChI=1S/C19H30N8O3/c1-15-13-16(24(2)21-15)17(28)25-6-4-5-19(14-25,26-7-11-30-12-8-26)18-20-22-23-27(18)9-10-29-3/h13H,4-12,14H2,1-3H3. The largest absolute Gasteiger partial charge is 0.383 e. The number of aryl methyl sites for hydroxylation is 2. The van der Waals surface area contributed by atoms with Crippen LogP contribution in [0.25, 0.3) is 0 Å². The lowest BCUT2D eigenvalue weighted by Crippen LogP contribution is -2.61. The van der Waals surface area contributed by atoms with E-state index in [2.05, 4.69) is 25.5 Å². The summed E-state index contributed by atoms with van der Waals surface area (Å²) in [6.07, 6.45) is 1.76. The maximum Gasteiger partial charge on any atom is 0.272 e. The normalized spacial score (nSPS) is 23.1. The van der Waals surface area contributed by atoms with E-state index in [9.17, 15) is 4.79 Å². The third-order valence-corrected chi connectivity index (χ3v) is 6.05. The zero-order valence-corrected chi connectivity index (χ0v) is 18.0. The molecule has 2 aliphatic heterocycles. The van der Waals surface area contributed by atoms with Crippen LogP contribution < -0.4 is 0 Å². The van der Waals surface area contributed by atoms with E-state index in [1.54, 1.807) is 11.8 Å². The van der Waals surface area contributed by atoms with E-state index in [1.165, 1.54) is 0 Å². The van der Waals surface area contributed by atoms with Crippen molar-refractivity contribution in [2.75, 3.05) is 53.1 Å². The van der Waals surface area contributed by atoms with Gasteiger partial charge in [-0.2, -0.15) is 5.10 Å². The van der Waals surface area contributed by atoms with Gasteiger partial charge in [0.05, 0.1) is 32.1 Å². The number of tetrazole rings is 1. The monoisotopic (exact) mass is 418 g/mol. The van der Waals surface area contributed by atoms with Crippen molar-refractivity contribution in [2.24, 2.45) is 7.05 Å². The van der Waals surface area contributed by atoms with Crippen molar-refractivity contribution in [3.8, 4) is 0 Å². The molecule has 30 heavy (non-hydrogen) atoms. The summed E-state index contributed by atoms with van der Waals surface area (Å²) >= 11 is 0. The molecule has 2 aromatic heterocycles. The Bertz CT molecular complexity index is 875. The van der Waals surface area contributed by atoms with Gasteiger partial charge in [-0.25, -0.2) is 4.68 Å². The van der Waals surface area contributed by atoms with Gasteiger partial charge in [-0.05, 0) is 36.3 Å². The first-order chi connectivity index (χ1) is 14.5. The zero-order valence-electron chi connectivity index (χ0n) is 18.0. The number of methoxy groups -OCH3 is 1. The minimum Gasteiger partial charge on any atom is -0.383 e. The molecule has 1 unspecified atom stereocenters. The van der Waals surface area contributed by atoms with E-state index >= 15 is 0 Å². The second-order valence-corrected chi connectivity index (χ2v) is 7.97. The van der Waals surface area contributed by atoms with Crippen LogP contribution in [0.2, 0.25) is 0 Å². The zero-order chi connectivity index (χ0) is 21.1. The van der Waals surface area contributed by atoms with Gasteiger partial charge in [-0.15, -0.1) is 5.10 Å². The highest BCUT2D eigenvalue weighted by Gasteiger charge is 2.48. The fourth-order valence-electron chi connectivity index (χ4n) is 4.62. The summed E-state index contributed by atoms with van der Waals surface area (Å²) in [5.41, 5.74) is 0.979. The van der Waals surface area contributed by atoms with E-state index < -0.39 is 5.54 Å². The molecule has 2 aromatic rings. The number of likely N-dealkylation sites (tertiary alicyclic amines) is 1. The number of aromatic nitrogens is 6. The molecule has 4 heterocycles. The number of carbonyl (C=O) groups excluding carboxylic acids is 1. The van der Waals surface area contributed by atoms with Gasteiger partial charge < -0.3 is 14.4 Å². The Hall–Kier alpha value is -2.37. The molecule has 0 aromatic carbocycles. The van der Waals surface area contributed by atoms with Gasteiger partial charge in [-0.3, -0.25) is 14.4 Å². The van der Waals surface area contributed by atoms with Crippen molar-refractivity contribution in [2.45, 2.75) is 31.8 Å². The number of amides is 1. The summed E-state index contributed by atoms with van der Waals surface area (Å²) in [5.74, 6) is 0.784. The van der Waals surface area contributed by atoms with Crippen LogP contribution in [0.5, 0.6) is 0 Å². The van der Waals surface area contributed by atoms with Crippen molar-refractivity contribution < 1.29 is 14.3 Å². The second kappa shape index (κ2) is 8.78. The van der Waals surface area contributed by atoms with Crippen molar-refractivity contribution >= 4 is 5.91 Å². The van der Waals surface area contributed by atoms with Crippen LogP contribution >= 0.6 is 0 Å². The van der Waals surface area contributed by atoms with Crippen molar-refractivity contribution in [3.05, 3.63) is 23.3 Å². The molecule has 2 aliphatic rings. The Labute approximate surface area is 175 Å². The molecule has 2 fully saturated rings. The van der Waals surface area contributed by atoms with Crippen LogP contribution in [0.3, 0.4) is 0 Å². The predicted octanol–water partition coefficient (Wildman–Crippen LogP) is -0.175. The molecule has 1 amide bonds. The number of carbonyl (C=O) groups is 1. The number of morpholine rings is 1. The molecule has 0 saturated carbocycles. The van der Waals surface area contributed by atoms with Crippen LogP contribution in [0.1, 0.15) is 34.8 Å². The minimum absolute atomic E-state index is 0.00801. The molecule has 0 aliphatic carbocycles. The molecular formula is C19H30N8O3. The van der Waals surface area contributed by atoms with Gasteiger partial charge in [0.1, 0.15) is 11.2 Å². The molecule has 11 nitrogen and oxygen atoms in total. The molecule has 164 valence electrons. The lowest BCUT2D eigenvalue weighted by molar-refractivity contribution is -0.0574. The highest BCUT2D eigenvalue weighted by molar-refractivity contribution is 5.92. The molecule has 0 N–H and O–H groups in total. The van der Waals surface area contributed by atoms with Gasteiger partial charge in [0.15, 0.2) is 5.82 Å². The number of ether oxygens (including phenoxy) is 2. The topological polar surface area (TPSA) is 103 Å². The summed E-state index contributed by atoms with van der Waals surface area (Å²) in [7, 11) is 3.48. The second-order valence-electron chi connectivity index (χ2n) is 7.97. The first-order valence-electron chi connectivity index (χ1n) is 10.4. The van der Waals surface area contributed by atoms with Gasteiger partial charge in [0, 0.05) is 40.3 Å². The predicted molar refractivity (Wildman–Crippen MR) is 107 cm³/mol. The summed E-state index contributed by atoms with van der Waals surface area (Å²) < 4.78 is 14.3. The number of hydrogen-bond donors (Lipinski definition) is 0. The van der Waals surface area contributed by atoms with Crippen molar-refractivity contribution in [3.63, 3.8) is 0 Å². The third-order valence-electron chi connectivity index (χ3n) is 6.05. The molecule has 4 rings (SSSR count). The van der Waals surface area contributed by atoms with E-state index in [-0.39, 0.29) is 5.91 Å². The summed E-state index contributed by atoms with van der Waals surface area (Å²) in [4.78, 5) is 17.7. The Morgan fingerprint density at radius 1 is 1.30 bits per heavy atom. The van der Waals surface area contributed by atoms with Gasteiger partial charge in [-0.1, -0.05) is 0 Å². The van der Waals surface area contributed by atoms with Crippen molar-refractivity contribution in [1.29, 1.82) is 0 Å². The highest BCUT2D eigenvalue weighted by atomic mass is 16.5. The Kier molecular flexibility index (Phi) is 6.11. The summed E-state index contributed by atoms with van der Waals surface area (Å²) in [6.45, 7) is 7.11. The number of hydrogen-bond acceptors (Lipinski definition) is 8. The first kappa shape index (κ1) is 20.9. The SMILES string of the molecule is COCCn1nnnc1C1(N2CCOCC2)CCCN(C(=O)c2cc(C)nn2C)C1. The van der Waals surface area contributed by atoms with E-state index in [4.69, 9.17) is 9.47 Å². The lowest BCUT2D eigenvalue weighted by atomic mass is 9.85. The number of piperidine rings is 1. The fourth-order valence-corrected chi connectivity index (χ4v) is 4.62. The van der Waals surface area contributed by atoms with Crippen LogP contribution in [-0.2, 0) is 28.6 Å². The maximum absolute atomic E-state index is 13.4. The van der Waals surface area contributed by atoms with Crippen LogP contribution in [0.15, 0.2) is 6.07 Å². The average molecular weight is 419 g/mol. The van der Waals surface area contributed by atoms with Gasteiger partial charge >= 0.3 is 0 Å². The number of nitrogens with zero attached hydrogens (tertiary/aromatic N) is 8. The van der Waals surface area contributed by atoms with Gasteiger partial charge in [0.2, 0.25) is 0 Å². The Balaban J connectivity index is 1.68.